The van der Waals surface area contributed by atoms with Crippen molar-refractivity contribution in [2.24, 2.45) is 5.92 Å². The third kappa shape index (κ3) is 5.37. The van der Waals surface area contributed by atoms with Crippen LogP contribution in [0.1, 0.15) is 31.2 Å². The minimum atomic E-state index is -0.0915. The van der Waals surface area contributed by atoms with Gasteiger partial charge in [0.05, 0.1) is 19.1 Å². The number of hydrogen-bond donors (Lipinski definition) is 2. The number of carbonyl (C=O) groups excluding carboxylic acids is 1. The van der Waals surface area contributed by atoms with E-state index in [2.05, 4.69) is 25.2 Å². The van der Waals surface area contributed by atoms with Crippen LogP contribution in [0.3, 0.4) is 0 Å². The molecule has 144 valence electrons. The highest BCUT2D eigenvalue weighted by Crippen LogP contribution is 2.20. The van der Waals surface area contributed by atoms with Gasteiger partial charge in [0.2, 0.25) is 11.9 Å². The van der Waals surface area contributed by atoms with Gasteiger partial charge in [0.1, 0.15) is 5.82 Å². The minimum Gasteiger partial charge on any atom is -0.466 e. The number of nitrogens with two attached hydrogens (primary N) is 1. The van der Waals surface area contributed by atoms with Crippen LogP contribution in [0.5, 0.6) is 0 Å². The molecule has 1 saturated heterocycles. The van der Waals surface area contributed by atoms with Gasteiger partial charge in [-0.05, 0) is 51.9 Å². The van der Waals surface area contributed by atoms with E-state index in [-0.39, 0.29) is 17.8 Å². The number of aromatic nitrogens is 3. The number of nitrogens with zero attached hydrogens (tertiary/aromatic N) is 4. The molecule has 0 amide bonds. The van der Waals surface area contributed by atoms with Crippen molar-refractivity contribution in [2.45, 2.75) is 33.2 Å². The molecule has 8 heteroatoms. The predicted molar refractivity (Wildman–Crippen MR) is 103 cm³/mol. The van der Waals surface area contributed by atoms with Gasteiger partial charge in [0.25, 0.3) is 0 Å². The van der Waals surface area contributed by atoms with Gasteiger partial charge >= 0.3 is 5.97 Å². The Bertz CT molecular complexity index is 772. The number of nitrogen functional groups attached to an aromatic ring is 1. The molecule has 0 atom stereocenters. The zero-order valence-electron chi connectivity index (χ0n) is 15.8. The standard InChI is InChI=1S/C19H26N6O2/c1-3-27-17(26)14-8-10-25(11-9-14)12-16-22-18(20)24-19(23-16)21-15-6-4-13(2)5-7-15/h4-7,14H,3,8-12H2,1-2H3,(H3,20,21,22,23,24). The van der Waals surface area contributed by atoms with E-state index >= 15 is 0 Å². The summed E-state index contributed by atoms with van der Waals surface area (Å²) in [6, 6.07) is 7.97. The Morgan fingerprint density at radius 1 is 1.22 bits per heavy atom. The third-order valence-electron chi connectivity index (χ3n) is 4.58. The molecule has 2 heterocycles. The summed E-state index contributed by atoms with van der Waals surface area (Å²) in [4.78, 5) is 27.0. The second-order valence-corrected chi connectivity index (χ2v) is 6.73. The highest BCUT2D eigenvalue weighted by Gasteiger charge is 2.26. The van der Waals surface area contributed by atoms with E-state index < -0.39 is 0 Å². The zero-order chi connectivity index (χ0) is 19.2. The summed E-state index contributed by atoms with van der Waals surface area (Å²) in [5.74, 6) is 1.14. The average molecular weight is 370 g/mol. The van der Waals surface area contributed by atoms with Gasteiger partial charge in [-0.25, -0.2) is 0 Å². The van der Waals surface area contributed by atoms with Crippen molar-refractivity contribution in [1.29, 1.82) is 0 Å². The van der Waals surface area contributed by atoms with Crippen molar-refractivity contribution in [3.05, 3.63) is 35.7 Å². The van der Waals surface area contributed by atoms with Gasteiger partial charge in [0.15, 0.2) is 0 Å². The van der Waals surface area contributed by atoms with Gasteiger partial charge in [-0.3, -0.25) is 9.69 Å². The lowest BCUT2D eigenvalue weighted by atomic mass is 9.97. The number of carbonyl (C=O) groups is 1. The highest BCUT2D eigenvalue weighted by molar-refractivity contribution is 5.72. The van der Waals surface area contributed by atoms with E-state index in [9.17, 15) is 4.79 Å². The number of anilines is 3. The van der Waals surface area contributed by atoms with Gasteiger partial charge in [0, 0.05) is 5.69 Å². The summed E-state index contributed by atoms with van der Waals surface area (Å²) < 4.78 is 5.12. The number of benzene rings is 1. The fourth-order valence-electron chi connectivity index (χ4n) is 3.12. The number of nitrogens with one attached hydrogen (secondary N) is 1. The minimum absolute atomic E-state index is 0.0107. The number of ether oxygens (including phenoxy) is 1. The van der Waals surface area contributed by atoms with Crippen LogP contribution in [0.2, 0.25) is 0 Å². The number of esters is 1. The molecule has 0 unspecified atom stereocenters. The largest absolute Gasteiger partial charge is 0.466 e. The molecule has 3 rings (SSSR count). The van der Waals surface area contributed by atoms with Gasteiger partial charge in [-0.1, -0.05) is 17.7 Å². The average Bonchev–Trinajstić information content (AvgIpc) is 2.64. The number of hydrogen-bond acceptors (Lipinski definition) is 8. The van der Waals surface area contributed by atoms with Crippen LogP contribution >= 0.6 is 0 Å². The van der Waals surface area contributed by atoms with E-state index in [4.69, 9.17) is 10.5 Å². The summed E-state index contributed by atoms with van der Waals surface area (Å²) >= 11 is 0. The van der Waals surface area contributed by atoms with E-state index in [1.165, 1.54) is 5.56 Å². The molecule has 1 aliphatic heterocycles. The van der Waals surface area contributed by atoms with Gasteiger partial charge in [-0.2, -0.15) is 15.0 Å². The van der Waals surface area contributed by atoms with E-state index in [1.807, 2.05) is 38.1 Å². The Balaban J connectivity index is 1.60. The molecule has 1 aromatic heterocycles. The lowest BCUT2D eigenvalue weighted by Gasteiger charge is -2.30. The Labute approximate surface area is 159 Å². The molecule has 0 saturated carbocycles. The van der Waals surface area contributed by atoms with E-state index in [1.54, 1.807) is 0 Å². The SMILES string of the molecule is CCOC(=O)C1CCN(Cc2nc(N)nc(Nc3ccc(C)cc3)n2)CC1. The Kier molecular flexibility index (Phi) is 6.18. The molecule has 0 spiro atoms. The molecule has 0 bridgehead atoms. The van der Waals surface area contributed by atoms with Crippen LogP contribution in [0.25, 0.3) is 0 Å². The van der Waals surface area contributed by atoms with Crippen LogP contribution in [0, 0.1) is 12.8 Å². The Morgan fingerprint density at radius 3 is 2.59 bits per heavy atom. The summed E-state index contributed by atoms with van der Waals surface area (Å²) in [6.07, 6.45) is 1.57. The first-order valence-corrected chi connectivity index (χ1v) is 9.26. The van der Waals surface area contributed by atoms with E-state index in [0.29, 0.717) is 24.9 Å². The van der Waals surface area contributed by atoms with Gasteiger partial charge < -0.3 is 15.8 Å². The van der Waals surface area contributed by atoms with Crippen molar-refractivity contribution in [2.75, 3.05) is 30.7 Å². The second-order valence-electron chi connectivity index (χ2n) is 6.73. The number of aryl methyl sites for hydroxylation is 1. The first-order valence-electron chi connectivity index (χ1n) is 9.26. The number of piperidine rings is 1. The maximum absolute atomic E-state index is 11.8. The van der Waals surface area contributed by atoms with Crippen LogP contribution < -0.4 is 11.1 Å². The molecule has 27 heavy (non-hydrogen) atoms. The molecule has 1 fully saturated rings. The molecule has 2 aromatic rings. The normalized spacial score (nSPS) is 15.5. The smallest absolute Gasteiger partial charge is 0.309 e. The van der Waals surface area contributed by atoms with E-state index in [0.717, 1.165) is 31.6 Å². The first-order chi connectivity index (χ1) is 13.0. The quantitative estimate of drug-likeness (QED) is 0.746. The monoisotopic (exact) mass is 370 g/mol. The van der Waals surface area contributed by atoms with Crippen molar-refractivity contribution in [1.82, 2.24) is 19.9 Å². The van der Waals surface area contributed by atoms with Crippen LogP contribution in [-0.4, -0.2) is 45.5 Å². The molecular weight excluding hydrogens is 344 g/mol. The summed E-state index contributed by atoms with van der Waals surface area (Å²) in [6.45, 7) is 6.48. The summed E-state index contributed by atoms with van der Waals surface area (Å²) in [7, 11) is 0. The highest BCUT2D eigenvalue weighted by atomic mass is 16.5. The van der Waals surface area contributed by atoms with Crippen molar-refractivity contribution >= 4 is 23.6 Å². The molecule has 1 aliphatic rings. The molecule has 3 N–H and O–H groups in total. The topological polar surface area (TPSA) is 106 Å². The number of rotatable bonds is 6. The van der Waals surface area contributed by atoms with Crippen LogP contribution in [0.4, 0.5) is 17.6 Å². The molecule has 0 aliphatic carbocycles. The Morgan fingerprint density at radius 2 is 1.93 bits per heavy atom. The molecule has 8 nitrogen and oxygen atoms in total. The zero-order valence-corrected chi connectivity index (χ0v) is 15.8. The first kappa shape index (κ1) is 19.0. The third-order valence-corrected chi connectivity index (χ3v) is 4.58. The maximum Gasteiger partial charge on any atom is 0.309 e. The lowest BCUT2D eigenvalue weighted by molar-refractivity contribution is -0.149. The molecule has 0 radical (unpaired) electrons. The summed E-state index contributed by atoms with van der Waals surface area (Å²) in [5, 5.41) is 3.16. The van der Waals surface area contributed by atoms with Crippen molar-refractivity contribution in [3.63, 3.8) is 0 Å². The number of likely N-dealkylation sites (tertiary alicyclic amines) is 1. The van der Waals surface area contributed by atoms with Crippen molar-refractivity contribution in [3.8, 4) is 0 Å². The fraction of sp³-hybridized carbons (Fsp3) is 0.474. The lowest BCUT2D eigenvalue weighted by Crippen LogP contribution is -2.37. The molecule has 1 aromatic carbocycles. The fourth-order valence-corrected chi connectivity index (χ4v) is 3.12. The van der Waals surface area contributed by atoms with Crippen LogP contribution in [-0.2, 0) is 16.1 Å². The summed E-state index contributed by atoms with van der Waals surface area (Å²) in [5.41, 5.74) is 7.93. The van der Waals surface area contributed by atoms with Crippen LogP contribution in [0.15, 0.2) is 24.3 Å². The maximum atomic E-state index is 11.8. The second kappa shape index (κ2) is 8.77. The molecular formula is C19H26N6O2. The predicted octanol–water partition coefficient (Wildman–Crippen LogP) is 2.28. The van der Waals surface area contributed by atoms with Gasteiger partial charge in [-0.15, -0.1) is 0 Å². The Hall–Kier alpha value is -2.74. The van der Waals surface area contributed by atoms with Crippen molar-refractivity contribution < 1.29 is 9.53 Å².